The molecule has 0 saturated heterocycles. The standard InChI is InChI=1S/C17H15I3O5S/c1-8(2)11-7-14(9(3)4-15(11)26(22,23)24)25-17(21)12-5-10(18)6-13(19)16(12)20/h4-8H,1-3H3,(H,22,23,24). The number of benzene rings is 2. The quantitative estimate of drug-likeness (QED) is 0.151. The summed E-state index contributed by atoms with van der Waals surface area (Å²) in [5.41, 5.74) is 1.30. The third-order valence-electron chi connectivity index (χ3n) is 3.62. The highest BCUT2D eigenvalue weighted by atomic mass is 127. The largest absolute Gasteiger partial charge is 0.423 e. The summed E-state index contributed by atoms with van der Waals surface area (Å²) in [6, 6.07) is 6.55. The van der Waals surface area contributed by atoms with Crippen LogP contribution in [0.5, 0.6) is 5.75 Å². The van der Waals surface area contributed by atoms with Crippen LogP contribution >= 0.6 is 67.8 Å². The van der Waals surface area contributed by atoms with Crippen LogP contribution in [0.4, 0.5) is 0 Å². The third-order valence-corrected chi connectivity index (χ3v) is 8.20. The van der Waals surface area contributed by atoms with Crippen LogP contribution < -0.4 is 4.74 Å². The smallest absolute Gasteiger partial charge is 0.344 e. The van der Waals surface area contributed by atoms with E-state index in [0.29, 0.717) is 16.7 Å². The second-order valence-electron chi connectivity index (χ2n) is 5.92. The number of carbonyl (C=O) groups excluding carboxylic acids is 1. The Morgan fingerprint density at radius 2 is 1.73 bits per heavy atom. The van der Waals surface area contributed by atoms with Crippen LogP contribution in [-0.2, 0) is 10.1 Å². The summed E-state index contributed by atoms with van der Waals surface area (Å²) in [5, 5.41) is 0. The van der Waals surface area contributed by atoms with Crippen molar-refractivity contribution in [3.8, 4) is 5.75 Å². The summed E-state index contributed by atoms with van der Waals surface area (Å²) in [7, 11) is -4.36. The van der Waals surface area contributed by atoms with E-state index in [1.165, 1.54) is 12.1 Å². The van der Waals surface area contributed by atoms with Crippen LogP contribution in [0.3, 0.4) is 0 Å². The second kappa shape index (κ2) is 8.57. The Morgan fingerprint density at radius 3 is 2.27 bits per heavy atom. The first-order valence-corrected chi connectivity index (χ1v) is 12.1. The van der Waals surface area contributed by atoms with E-state index in [1.54, 1.807) is 26.8 Å². The molecule has 26 heavy (non-hydrogen) atoms. The first kappa shape index (κ1) is 22.3. The summed E-state index contributed by atoms with van der Waals surface area (Å²) < 4.78 is 40.9. The lowest BCUT2D eigenvalue weighted by Gasteiger charge is -2.16. The number of aryl methyl sites for hydroxylation is 1. The molecule has 2 aromatic carbocycles. The molecule has 0 radical (unpaired) electrons. The molecule has 0 aliphatic carbocycles. The molecule has 0 bridgehead atoms. The molecule has 0 aromatic heterocycles. The Balaban J connectivity index is 2.51. The van der Waals surface area contributed by atoms with E-state index in [9.17, 15) is 17.8 Å². The lowest BCUT2D eigenvalue weighted by molar-refractivity contribution is 0.0732. The highest BCUT2D eigenvalue weighted by Crippen LogP contribution is 2.32. The number of rotatable bonds is 4. The Labute approximate surface area is 193 Å². The van der Waals surface area contributed by atoms with Gasteiger partial charge in [0.1, 0.15) is 5.75 Å². The molecule has 5 nitrogen and oxygen atoms in total. The maximum Gasteiger partial charge on any atom is 0.344 e. The maximum absolute atomic E-state index is 12.7. The molecule has 0 fully saturated rings. The molecule has 0 heterocycles. The number of carbonyl (C=O) groups is 1. The van der Waals surface area contributed by atoms with E-state index in [1.807, 2.05) is 6.07 Å². The molecule has 2 rings (SSSR count). The average molecular weight is 712 g/mol. The lowest BCUT2D eigenvalue weighted by atomic mass is 10.0. The highest BCUT2D eigenvalue weighted by Gasteiger charge is 2.22. The molecule has 0 atom stereocenters. The normalized spacial score (nSPS) is 11.7. The molecule has 0 amide bonds. The predicted octanol–water partition coefficient (Wildman–Crippen LogP) is 5.40. The van der Waals surface area contributed by atoms with Crippen LogP contribution in [0.2, 0.25) is 0 Å². The van der Waals surface area contributed by atoms with Gasteiger partial charge in [-0.15, -0.1) is 0 Å². The minimum absolute atomic E-state index is 0.164. The summed E-state index contributed by atoms with van der Waals surface area (Å²) in [5.74, 6) is -0.414. The minimum atomic E-state index is -4.36. The van der Waals surface area contributed by atoms with Gasteiger partial charge in [0, 0.05) is 10.7 Å². The SMILES string of the molecule is Cc1cc(S(=O)(=O)O)c(C(C)C)cc1OC(=O)c1cc(I)cc(I)c1I. The van der Waals surface area contributed by atoms with Crippen molar-refractivity contribution < 1.29 is 22.5 Å². The van der Waals surface area contributed by atoms with Gasteiger partial charge >= 0.3 is 5.97 Å². The molecule has 0 unspecified atom stereocenters. The van der Waals surface area contributed by atoms with Gasteiger partial charge in [-0.2, -0.15) is 8.42 Å². The molecule has 0 saturated carbocycles. The van der Waals surface area contributed by atoms with Crippen molar-refractivity contribution in [1.82, 2.24) is 0 Å². The topological polar surface area (TPSA) is 80.7 Å². The fourth-order valence-electron chi connectivity index (χ4n) is 2.32. The second-order valence-corrected chi connectivity index (χ2v) is 10.8. The molecule has 2 aromatic rings. The van der Waals surface area contributed by atoms with Gasteiger partial charge in [-0.25, -0.2) is 4.79 Å². The van der Waals surface area contributed by atoms with Gasteiger partial charge in [-0.1, -0.05) is 13.8 Å². The lowest BCUT2D eigenvalue weighted by Crippen LogP contribution is -2.13. The third kappa shape index (κ3) is 5.08. The van der Waals surface area contributed by atoms with Crippen molar-refractivity contribution in [1.29, 1.82) is 0 Å². The van der Waals surface area contributed by atoms with Crippen LogP contribution in [0, 0.1) is 17.6 Å². The van der Waals surface area contributed by atoms with Crippen LogP contribution in [0.1, 0.15) is 41.3 Å². The average Bonchev–Trinajstić information content (AvgIpc) is 2.51. The maximum atomic E-state index is 12.7. The van der Waals surface area contributed by atoms with Crippen molar-refractivity contribution in [2.45, 2.75) is 31.6 Å². The zero-order valence-corrected chi connectivity index (χ0v) is 21.3. The van der Waals surface area contributed by atoms with E-state index >= 15 is 0 Å². The van der Waals surface area contributed by atoms with Crippen molar-refractivity contribution in [3.05, 3.63) is 51.7 Å². The number of ether oxygens (including phenoxy) is 1. The van der Waals surface area contributed by atoms with Gasteiger partial charge in [-0.3, -0.25) is 4.55 Å². The van der Waals surface area contributed by atoms with E-state index < -0.39 is 16.1 Å². The number of hydrogen-bond donors (Lipinski definition) is 1. The van der Waals surface area contributed by atoms with Crippen LogP contribution in [0.15, 0.2) is 29.2 Å². The van der Waals surface area contributed by atoms with Crippen molar-refractivity contribution in [3.63, 3.8) is 0 Å². The van der Waals surface area contributed by atoms with Gasteiger partial charge in [-0.05, 0) is 116 Å². The number of halogens is 3. The molecular formula is C17H15I3O5S. The first-order valence-electron chi connectivity index (χ1n) is 7.40. The van der Waals surface area contributed by atoms with E-state index in [0.717, 1.165) is 10.7 Å². The molecule has 140 valence electrons. The zero-order valence-electron chi connectivity index (χ0n) is 14.0. The number of hydrogen-bond acceptors (Lipinski definition) is 4. The monoisotopic (exact) mass is 712 g/mol. The van der Waals surface area contributed by atoms with Gasteiger partial charge in [0.25, 0.3) is 10.1 Å². The van der Waals surface area contributed by atoms with E-state index in [2.05, 4.69) is 67.8 Å². The summed E-state index contributed by atoms with van der Waals surface area (Å²) >= 11 is 6.39. The fourth-order valence-corrected chi connectivity index (χ4v) is 5.62. The van der Waals surface area contributed by atoms with Gasteiger partial charge < -0.3 is 4.74 Å². The first-order chi connectivity index (χ1) is 11.9. The highest BCUT2D eigenvalue weighted by molar-refractivity contribution is 14.1. The summed E-state index contributed by atoms with van der Waals surface area (Å²) in [4.78, 5) is 12.5. The predicted molar refractivity (Wildman–Crippen MR) is 125 cm³/mol. The minimum Gasteiger partial charge on any atom is -0.423 e. The van der Waals surface area contributed by atoms with Crippen molar-refractivity contribution >= 4 is 83.9 Å². The fraction of sp³-hybridized carbons (Fsp3) is 0.235. The van der Waals surface area contributed by atoms with Crippen molar-refractivity contribution in [2.24, 2.45) is 0 Å². The Morgan fingerprint density at radius 1 is 1.12 bits per heavy atom. The molecule has 0 aliphatic rings. The van der Waals surface area contributed by atoms with Gasteiger partial charge in [0.15, 0.2) is 0 Å². The zero-order chi connectivity index (χ0) is 19.8. The molecular weight excluding hydrogens is 697 g/mol. The van der Waals surface area contributed by atoms with Crippen molar-refractivity contribution in [2.75, 3.05) is 0 Å². The Hall–Kier alpha value is 0.0100. The van der Waals surface area contributed by atoms with Gasteiger partial charge in [0.05, 0.1) is 10.5 Å². The molecule has 0 aliphatic heterocycles. The molecule has 0 spiro atoms. The molecule has 9 heteroatoms. The van der Waals surface area contributed by atoms with E-state index in [4.69, 9.17) is 4.74 Å². The summed E-state index contributed by atoms with van der Waals surface area (Å²) in [6.07, 6.45) is 0. The van der Waals surface area contributed by atoms with E-state index in [-0.39, 0.29) is 16.6 Å². The van der Waals surface area contributed by atoms with Crippen LogP contribution in [0.25, 0.3) is 0 Å². The number of esters is 1. The van der Waals surface area contributed by atoms with Crippen LogP contribution in [-0.4, -0.2) is 18.9 Å². The Bertz CT molecular complexity index is 984. The van der Waals surface area contributed by atoms with Gasteiger partial charge in [0.2, 0.25) is 0 Å². The summed E-state index contributed by atoms with van der Waals surface area (Å²) in [6.45, 7) is 5.23. The Kier molecular flexibility index (Phi) is 7.35. The molecule has 1 N–H and O–H groups in total.